The molecule has 3 nitrogen and oxygen atoms in total. The Morgan fingerprint density at radius 3 is 2.55 bits per heavy atom. The van der Waals surface area contributed by atoms with Crippen molar-refractivity contribution in [2.45, 2.75) is 31.6 Å². The Hall–Kier alpha value is -1.56. The van der Waals surface area contributed by atoms with Crippen LogP contribution in [0.1, 0.15) is 24.9 Å². The van der Waals surface area contributed by atoms with Crippen LogP contribution in [0.15, 0.2) is 30.3 Å². The van der Waals surface area contributed by atoms with E-state index in [4.69, 9.17) is 0 Å². The summed E-state index contributed by atoms with van der Waals surface area (Å²) in [7, 11) is 0. The molecule has 1 aromatic carbocycles. The van der Waals surface area contributed by atoms with Crippen molar-refractivity contribution in [1.29, 1.82) is 0 Å². The van der Waals surface area contributed by atoms with Crippen molar-refractivity contribution in [3.05, 3.63) is 35.9 Å². The molecule has 0 saturated carbocycles. The first-order chi connectivity index (χ1) is 10.4. The molecule has 2 aliphatic rings. The fourth-order valence-corrected chi connectivity index (χ4v) is 3.74. The zero-order valence-electron chi connectivity index (χ0n) is 12.4. The normalized spacial score (nSPS) is 27.0. The van der Waals surface area contributed by atoms with Gasteiger partial charge < -0.3 is 4.90 Å². The summed E-state index contributed by atoms with van der Waals surface area (Å²) in [5.41, 5.74) is 1.16. The van der Waals surface area contributed by atoms with Crippen LogP contribution in [0.3, 0.4) is 0 Å². The molecule has 3 rings (SSSR count). The molecule has 0 bridgehead atoms. The van der Waals surface area contributed by atoms with Crippen LogP contribution < -0.4 is 0 Å². The van der Waals surface area contributed by atoms with Gasteiger partial charge in [-0.2, -0.15) is 13.2 Å². The first kappa shape index (κ1) is 15.3. The van der Waals surface area contributed by atoms with Crippen molar-refractivity contribution >= 4 is 5.91 Å². The van der Waals surface area contributed by atoms with Crippen LogP contribution in [-0.4, -0.2) is 47.6 Å². The van der Waals surface area contributed by atoms with E-state index in [-0.39, 0.29) is 31.1 Å². The van der Waals surface area contributed by atoms with Crippen LogP contribution in [0, 0.1) is 5.92 Å². The molecular weight excluding hydrogens is 293 g/mol. The second-order valence-electron chi connectivity index (χ2n) is 6.15. The van der Waals surface area contributed by atoms with Gasteiger partial charge in [-0.3, -0.25) is 9.69 Å². The first-order valence-electron chi connectivity index (χ1n) is 7.54. The van der Waals surface area contributed by atoms with Crippen LogP contribution in [0.25, 0.3) is 0 Å². The van der Waals surface area contributed by atoms with E-state index in [1.54, 1.807) is 0 Å². The van der Waals surface area contributed by atoms with E-state index in [0.717, 1.165) is 23.4 Å². The van der Waals surface area contributed by atoms with Crippen molar-refractivity contribution in [3.63, 3.8) is 0 Å². The fourth-order valence-electron chi connectivity index (χ4n) is 3.74. The number of fused-ring (bicyclic) bond motifs is 1. The minimum atomic E-state index is -4.77. The maximum absolute atomic E-state index is 12.6. The molecule has 2 heterocycles. The van der Waals surface area contributed by atoms with Crippen molar-refractivity contribution in [3.8, 4) is 0 Å². The molecule has 120 valence electrons. The summed E-state index contributed by atoms with van der Waals surface area (Å²) in [4.78, 5) is 14.6. The third-order valence-corrected chi connectivity index (χ3v) is 4.90. The number of halogens is 3. The maximum atomic E-state index is 12.6. The Bertz CT molecular complexity index is 546. The van der Waals surface area contributed by atoms with Crippen molar-refractivity contribution in [2.75, 3.05) is 19.6 Å². The topological polar surface area (TPSA) is 23.6 Å². The number of hydrogen-bond acceptors (Lipinski definition) is 2. The minimum absolute atomic E-state index is 0.0292. The second kappa shape index (κ2) is 5.57. The molecule has 0 radical (unpaired) electrons. The van der Waals surface area contributed by atoms with Gasteiger partial charge in [-0.1, -0.05) is 30.3 Å². The van der Waals surface area contributed by atoms with Gasteiger partial charge >= 0.3 is 12.1 Å². The van der Waals surface area contributed by atoms with E-state index in [0.29, 0.717) is 0 Å². The number of carbonyl (C=O) groups excluding carboxylic acids is 1. The maximum Gasteiger partial charge on any atom is 0.471 e. The van der Waals surface area contributed by atoms with Gasteiger partial charge in [0.1, 0.15) is 0 Å². The highest BCUT2D eigenvalue weighted by molar-refractivity contribution is 5.82. The summed E-state index contributed by atoms with van der Waals surface area (Å²) in [6, 6.07) is 10.1. The highest BCUT2D eigenvalue weighted by atomic mass is 19.4. The predicted octanol–water partition coefficient (Wildman–Crippen LogP) is 2.84. The van der Waals surface area contributed by atoms with Gasteiger partial charge in [0.2, 0.25) is 0 Å². The molecule has 22 heavy (non-hydrogen) atoms. The smallest absolute Gasteiger partial charge is 0.333 e. The molecule has 1 amide bonds. The lowest BCUT2D eigenvalue weighted by Gasteiger charge is -2.31. The Morgan fingerprint density at radius 1 is 1.23 bits per heavy atom. The number of likely N-dealkylation sites (tertiary alicyclic amines) is 2. The van der Waals surface area contributed by atoms with Crippen molar-refractivity contribution in [1.82, 2.24) is 9.80 Å². The lowest BCUT2D eigenvalue weighted by atomic mass is 10.0. The predicted molar refractivity (Wildman–Crippen MR) is 76.1 cm³/mol. The van der Waals surface area contributed by atoms with Crippen LogP contribution in [0.5, 0.6) is 0 Å². The summed E-state index contributed by atoms with van der Waals surface area (Å²) in [6.45, 7) is 3.35. The lowest BCUT2D eigenvalue weighted by molar-refractivity contribution is -0.184. The lowest BCUT2D eigenvalue weighted by Crippen LogP contribution is -2.43. The molecule has 3 unspecified atom stereocenters. The van der Waals surface area contributed by atoms with Crippen LogP contribution in [0.2, 0.25) is 0 Å². The third kappa shape index (κ3) is 2.72. The van der Waals surface area contributed by atoms with E-state index >= 15 is 0 Å². The summed E-state index contributed by atoms with van der Waals surface area (Å²) >= 11 is 0. The summed E-state index contributed by atoms with van der Waals surface area (Å²) in [6.07, 6.45) is -3.92. The van der Waals surface area contributed by atoms with E-state index in [2.05, 4.69) is 11.8 Å². The molecule has 0 aromatic heterocycles. The number of benzene rings is 1. The molecule has 2 saturated heterocycles. The van der Waals surface area contributed by atoms with Crippen LogP contribution in [0.4, 0.5) is 13.2 Å². The average molecular weight is 312 g/mol. The van der Waals surface area contributed by atoms with Crippen LogP contribution in [-0.2, 0) is 4.79 Å². The Labute approximate surface area is 127 Å². The van der Waals surface area contributed by atoms with E-state index < -0.39 is 12.1 Å². The van der Waals surface area contributed by atoms with Crippen molar-refractivity contribution in [2.24, 2.45) is 5.92 Å². The second-order valence-corrected chi connectivity index (χ2v) is 6.15. The first-order valence-corrected chi connectivity index (χ1v) is 7.54. The van der Waals surface area contributed by atoms with Gasteiger partial charge in [0.15, 0.2) is 0 Å². The minimum Gasteiger partial charge on any atom is -0.333 e. The SMILES string of the molecule is CC(c1ccccc1)N1CCC2CN(C(=O)C(F)(F)F)CC21. The van der Waals surface area contributed by atoms with Gasteiger partial charge in [-0.25, -0.2) is 0 Å². The molecule has 1 aromatic rings. The van der Waals surface area contributed by atoms with E-state index in [9.17, 15) is 18.0 Å². The van der Waals surface area contributed by atoms with Gasteiger partial charge in [-0.15, -0.1) is 0 Å². The number of amides is 1. The van der Waals surface area contributed by atoms with E-state index in [1.165, 1.54) is 0 Å². The van der Waals surface area contributed by atoms with Gasteiger partial charge in [0.05, 0.1) is 0 Å². The average Bonchev–Trinajstić information content (AvgIpc) is 3.05. The molecule has 2 aliphatic heterocycles. The molecule has 0 spiro atoms. The van der Waals surface area contributed by atoms with Crippen molar-refractivity contribution < 1.29 is 18.0 Å². The summed E-state index contributed by atoms with van der Waals surface area (Å²) in [5, 5.41) is 0. The quantitative estimate of drug-likeness (QED) is 0.838. The zero-order chi connectivity index (χ0) is 15.9. The third-order valence-electron chi connectivity index (χ3n) is 4.90. The van der Waals surface area contributed by atoms with Crippen LogP contribution >= 0.6 is 0 Å². The number of hydrogen-bond donors (Lipinski definition) is 0. The molecule has 0 N–H and O–H groups in total. The van der Waals surface area contributed by atoms with Gasteiger partial charge in [0.25, 0.3) is 0 Å². The highest BCUT2D eigenvalue weighted by Crippen LogP contribution is 2.38. The Kier molecular flexibility index (Phi) is 3.89. The Morgan fingerprint density at radius 2 is 1.91 bits per heavy atom. The monoisotopic (exact) mass is 312 g/mol. The summed E-state index contributed by atoms with van der Waals surface area (Å²) < 4.78 is 37.8. The number of rotatable bonds is 2. The summed E-state index contributed by atoms with van der Waals surface area (Å²) in [5.74, 6) is -1.55. The fraction of sp³-hybridized carbons (Fsp3) is 0.562. The number of nitrogens with zero attached hydrogens (tertiary/aromatic N) is 2. The largest absolute Gasteiger partial charge is 0.471 e. The Balaban J connectivity index is 1.72. The number of alkyl halides is 3. The standard InChI is InChI=1S/C16H19F3N2O/c1-11(12-5-3-2-4-6-12)21-8-7-13-9-20(10-14(13)21)15(22)16(17,18)19/h2-6,11,13-14H,7-10H2,1H3. The highest BCUT2D eigenvalue weighted by Gasteiger charge is 2.50. The zero-order valence-corrected chi connectivity index (χ0v) is 12.4. The molecular formula is C16H19F3N2O. The molecule has 2 fully saturated rings. The number of carbonyl (C=O) groups is 1. The molecule has 6 heteroatoms. The van der Waals surface area contributed by atoms with Gasteiger partial charge in [-0.05, 0) is 31.4 Å². The molecule has 3 atom stereocenters. The van der Waals surface area contributed by atoms with Gasteiger partial charge in [0, 0.05) is 25.2 Å². The molecule has 0 aliphatic carbocycles. The van der Waals surface area contributed by atoms with E-state index in [1.807, 2.05) is 30.3 Å².